The summed E-state index contributed by atoms with van der Waals surface area (Å²) in [5.41, 5.74) is 0.764. The van der Waals surface area contributed by atoms with Gasteiger partial charge in [0.05, 0.1) is 0 Å². The van der Waals surface area contributed by atoms with E-state index in [0.29, 0.717) is 12.8 Å². The van der Waals surface area contributed by atoms with Crippen molar-refractivity contribution in [2.24, 2.45) is 0 Å². The highest BCUT2D eigenvalue weighted by Gasteiger charge is 2.19. The van der Waals surface area contributed by atoms with Gasteiger partial charge in [0, 0.05) is 0 Å². The Hall–Kier alpha value is -0.120. The van der Waals surface area contributed by atoms with Gasteiger partial charge in [0.15, 0.2) is 0 Å². The monoisotopic (exact) mass is 119 g/mol. The van der Waals surface area contributed by atoms with E-state index < -0.39 is 5.72 Å². The smallest absolute Gasteiger partial charge is 0.137 e. The molecule has 0 aromatic rings. The van der Waals surface area contributed by atoms with E-state index in [-0.39, 0.29) is 0 Å². The Labute approximate surface area is 49.3 Å². The van der Waals surface area contributed by atoms with Crippen LogP contribution >= 0.6 is 0 Å². The average molecular weight is 119 g/mol. The molecule has 0 saturated carbocycles. The topological polar surface area (TPSA) is 52.5 Å². The van der Waals surface area contributed by atoms with Gasteiger partial charge < -0.3 is 10.3 Å². The van der Waals surface area contributed by atoms with Crippen LogP contribution in [0.5, 0.6) is 0 Å². The van der Waals surface area contributed by atoms with Gasteiger partial charge in [-0.25, -0.2) is 0 Å². The summed E-state index contributed by atoms with van der Waals surface area (Å²) in [5.74, 6) is 0. The Kier molecular flexibility index (Phi) is 2.97. The second-order valence-corrected chi connectivity index (χ2v) is 1.85. The molecule has 0 aliphatic heterocycles. The predicted octanol–water partition coefficient (Wildman–Crippen LogP) is 0.474. The highest BCUT2D eigenvalue weighted by atomic mass is 16.5. The molecule has 0 rings (SSSR count). The minimum absolute atomic E-state index is 0.514. The number of aliphatic hydroxyl groups is 1. The molecule has 0 spiro atoms. The summed E-state index contributed by atoms with van der Waals surface area (Å²) >= 11 is 0. The number of hydroxylamine groups is 1. The Morgan fingerprint density at radius 2 is 1.75 bits per heavy atom. The molecule has 0 aromatic heterocycles. The van der Waals surface area contributed by atoms with Gasteiger partial charge in [0.2, 0.25) is 0 Å². The third-order valence-electron chi connectivity index (χ3n) is 1.38. The molecule has 50 valence electrons. The van der Waals surface area contributed by atoms with Crippen LogP contribution < -0.4 is 5.48 Å². The molecule has 3 nitrogen and oxygen atoms in total. The van der Waals surface area contributed by atoms with E-state index in [4.69, 9.17) is 10.3 Å². The molecular weight excluding hydrogens is 106 g/mol. The van der Waals surface area contributed by atoms with Crippen molar-refractivity contribution in [2.45, 2.75) is 32.4 Å². The molecule has 8 heavy (non-hydrogen) atoms. The molecule has 0 aliphatic carbocycles. The Balaban J connectivity index is 3.58. The van der Waals surface area contributed by atoms with Crippen LogP contribution in [-0.2, 0) is 0 Å². The number of hydrogen-bond donors (Lipinski definition) is 3. The second-order valence-electron chi connectivity index (χ2n) is 1.85. The Morgan fingerprint density at radius 3 is 1.75 bits per heavy atom. The quantitative estimate of drug-likeness (QED) is 0.374. The fourth-order valence-electron chi connectivity index (χ4n) is 0.408. The first-order valence-corrected chi connectivity index (χ1v) is 2.82. The molecule has 3 heteroatoms. The maximum absolute atomic E-state index is 9.08. The van der Waals surface area contributed by atoms with Gasteiger partial charge >= 0.3 is 0 Å². The van der Waals surface area contributed by atoms with E-state index in [1.165, 1.54) is 0 Å². The molecule has 0 saturated heterocycles. The fourth-order valence-corrected chi connectivity index (χ4v) is 0.408. The summed E-state index contributed by atoms with van der Waals surface area (Å²) in [6.07, 6.45) is 1.03. The summed E-state index contributed by atoms with van der Waals surface area (Å²) in [6.45, 7) is 3.60. The lowest BCUT2D eigenvalue weighted by Crippen LogP contribution is -2.41. The van der Waals surface area contributed by atoms with Gasteiger partial charge in [-0.3, -0.25) is 0 Å². The molecule has 0 fully saturated rings. The minimum atomic E-state index is -1.07. The van der Waals surface area contributed by atoms with Crippen LogP contribution in [0.25, 0.3) is 0 Å². The summed E-state index contributed by atoms with van der Waals surface area (Å²) in [5, 5.41) is 17.4. The third kappa shape index (κ3) is 1.78. The zero-order valence-corrected chi connectivity index (χ0v) is 5.31. The summed E-state index contributed by atoms with van der Waals surface area (Å²) in [4.78, 5) is 0. The van der Waals surface area contributed by atoms with E-state index in [1.807, 2.05) is 5.48 Å². The first-order valence-electron chi connectivity index (χ1n) is 2.82. The van der Waals surface area contributed by atoms with Crippen LogP contribution in [0.1, 0.15) is 26.7 Å². The molecule has 0 amide bonds. The first kappa shape index (κ1) is 7.88. The summed E-state index contributed by atoms with van der Waals surface area (Å²) < 4.78 is 0. The molecule has 0 aromatic carbocycles. The van der Waals surface area contributed by atoms with Crippen molar-refractivity contribution >= 4 is 0 Å². The number of nitrogens with one attached hydrogen (secondary N) is 1. The molecule has 0 heterocycles. The van der Waals surface area contributed by atoms with E-state index in [1.54, 1.807) is 13.8 Å². The standard InChI is InChI=1S/C5H13NO2/c1-3-5(7,4-2)6-8/h6-8H,3-4H2,1-2H3. The highest BCUT2D eigenvalue weighted by Crippen LogP contribution is 2.07. The molecule has 0 bridgehead atoms. The van der Waals surface area contributed by atoms with Crippen LogP contribution in [0, 0.1) is 0 Å². The lowest BCUT2D eigenvalue weighted by molar-refractivity contribution is -0.0974. The van der Waals surface area contributed by atoms with Crippen molar-refractivity contribution in [3.8, 4) is 0 Å². The van der Waals surface area contributed by atoms with Crippen LogP contribution in [0.4, 0.5) is 0 Å². The van der Waals surface area contributed by atoms with E-state index in [2.05, 4.69) is 0 Å². The normalized spacial score (nSPS) is 12.0. The number of hydrogen-bond acceptors (Lipinski definition) is 3. The lowest BCUT2D eigenvalue weighted by Gasteiger charge is -2.21. The maximum Gasteiger partial charge on any atom is 0.137 e. The largest absolute Gasteiger partial charge is 0.374 e. The molecule has 0 atom stereocenters. The second kappa shape index (κ2) is 3.02. The minimum Gasteiger partial charge on any atom is -0.374 e. The van der Waals surface area contributed by atoms with Crippen molar-refractivity contribution < 1.29 is 10.3 Å². The van der Waals surface area contributed by atoms with Gasteiger partial charge in [-0.05, 0) is 12.8 Å². The van der Waals surface area contributed by atoms with Crippen molar-refractivity contribution in [2.75, 3.05) is 0 Å². The van der Waals surface area contributed by atoms with Gasteiger partial charge in [-0.2, -0.15) is 5.48 Å². The Morgan fingerprint density at radius 1 is 1.38 bits per heavy atom. The van der Waals surface area contributed by atoms with Gasteiger partial charge in [-0.1, -0.05) is 13.8 Å². The highest BCUT2D eigenvalue weighted by molar-refractivity contribution is 4.65. The zero-order chi connectivity index (χ0) is 6.62. The van der Waals surface area contributed by atoms with Crippen LogP contribution in [0.15, 0.2) is 0 Å². The molecule has 3 N–H and O–H groups in total. The van der Waals surface area contributed by atoms with Crippen molar-refractivity contribution in [1.29, 1.82) is 0 Å². The van der Waals surface area contributed by atoms with Crippen LogP contribution in [-0.4, -0.2) is 16.0 Å². The summed E-state index contributed by atoms with van der Waals surface area (Å²) in [7, 11) is 0. The van der Waals surface area contributed by atoms with Crippen LogP contribution in [0.2, 0.25) is 0 Å². The van der Waals surface area contributed by atoms with Crippen molar-refractivity contribution in [3.05, 3.63) is 0 Å². The van der Waals surface area contributed by atoms with Crippen molar-refractivity contribution in [1.82, 2.24) is 5.48 Å². The van der Waals surface area contributed by atoms with Gasteiger partial charge in [0.1, 0.15) is 5.72 Å². The van der Waals surface area contributed by atoms with E-state index in [0.717, 1.165) is 0 Å². The maximum atomic E-state index is 9.08. The molecule has 0 radical (unpaired) electrons. The van der Waals surface area contributed by atoms with Gasteiger partial charge in [0.25, 0.3) is 0 Å². The predicted molar refractivity (Wildman–Crippen MR) is 30.5 cm³/mol. The molecule has 0 unspecified atom stereocenters. The van der Waals surface area contributed by atoms with E-state index >= 15 is 0 Å². The lowest BCUT2D eigenvalue weighted by atomic mass is 10.1. The number of rotatable bonds is 3. The molecular formula is C5H13NO2. The van der Waals surface area contributed by atoms with Crippen LogP contribution in [0.3, 0.4) is 0 Å². The Bertz CT molecular complexity index is 53.2. The first-order chi connectivity index (χ1) is 3.68. The zero-order valence-electron chi connectivity index (χ0n) is 5.31. The average Bonchev–Trinajstić information content (AvgIpc) is 1.87. The molecule has 0 aliphatic rings. The van der Waals surface area contributed by atoms with Gasteiger partial charge in [-0.15, -0.1) is 0 Å². The third-order valence-corrected chi connectivity index (χ3v) is 1.38. The van der Waals surface area contributed by atoms with E-state index in [9.17, 15) is 0 Å². The van der Waals surface area contributed by atoms with Crippen molar-refractivity contribution in [3.63, 3.8) is 0 Å². The summed E-state index contributed by atoms with van der Waals surface area (Å²) in [6, 6.07) is 0. The SMILES string of the molecule is CCC(O)(CC)NO. The fraction of sp³-hybridized carbons (Fsp3) is 1.00.